The summed E-state index contributed by atoms with van der Waals surface area (Å²) in [7, 11) is 1.69. The molecule has 1 unspecified atom stereocenters. The van der Waals surface area contributed by atoms with E-state index in [0.29, 0.717) is 19.2 Å². The van der Waals surface area contributed by atoms with Crippen molar-refractivity contribution in [3.8, 4) is 0 Å². The number of nitrogens with zero attached hydrogens (tertiary/aromatic N) is 1. The van der Waals surface area contributed by atoms with Gasteiger partial charge in [-0.25, -0.2) is 0 Å². The van der Waals surface area contributed by atoms with Gasteiger partial charge in [-0.15, -0.1) is 0 Å². The molecule has 0 spiro atoms. The van der Waals surface area contributed by atoms with Crippen LogP contribution in [-0.2, 0) is 9.53 Å². The summed E-state index contributed by atoms with van der Waals surface area (Å²) < 4.78 is 5.16. The van der Waals surface area contributed by atoms with Crippen LogP contribution in [-0.4, -0.2) is 54.2 Å². The molecule has 0 radical (unpaired) electrons. The number of rotatable bonds is 5. The number of carbonyl (C=O) groups is 1. The van der Waals surface area contributed by atoms with Crippen molar-refractivity contribution >= 4 is 17.7 Å². The van der Waals surface area contributed by atoms with Gasteiger partial charge < -0.3 is 15.4 Å². The van der Waals surface area contributed by atoms with E-state index >= 15 is 0 Å². The van der Waals surface area contributed by atoms with E-state index in [1.807, 2.05) is 16.7 Å². The molecule has 1 amide bonds. The maximum Gasteiger partial charge on any atom is 0.243 e. The third kappa shape index (κ3) is 3.64. The Balaban J connectivity index is 2.04. The molecule has 0 aromatic heterocycles. The van der Waals surface area contributed by atoms with Crippen molar-refractivity contribution in [2.75, 3.05) is 31.8 Å². The Bertz CT molecular complexity index is 300. The van der Waals surface area contributed by atoms with Crippen molar-refractivity contribution < 1.29 is 9.53 Å². The van der Waals surface area contributed by atoms with Gasteiger partial charge in [0.15, 0.2) is 0 Å². The molecule has 1 aliphatic heterocycles. The molecule has 2 N–H and O–H groups in total. The zero-order valence-electron chi connectivity index (χ0n) is 11.9. The SMILES string of the molecule is COCCN(C(=O)C1(N)CCCCC1)C1CCSC1. The number of amides is 1. The van der Waals surface area contributed by atoms with Crippen molar-refractivity contribution in [2.24, 2.45) is 5.73 Å². The normalized spacial score (nSPS) is 26.3. The van der Waals surface area contributed by atoms with Crippen LogP contribution in [0.1, 0.15) is 38.5 Å². The molecule has 0 aromatic rings. The fourth-order valence-electron chi connectivity index (χ4n) is 3.09. The molecule has 1 heterocycles. The third-order valence-electron chi connectivity index (χ3n) is 4.32. The Morgan fingerprint density at radius 1 is 1.42 bits per heavy atom. The number of methoxy groups -OCH3 is 1. The second-order valence-corrected chi connectivity index (χ2v) is 6.88. The molecule has 1 atom stereocenters. The van der Waals surface area contributed by atoms with E-state index in [2.05, 4.69) is 0 Å². The van der Waals surface area contributed by atoms with Gasteiger partial charge in [0.1, 0.15) is 0 Å². The van der Waals surface area contributed by atoms with Gasteiger partial charge in [-0.2, -0.15) is 11.8 Å². The van der Waals surface area contributed by atoms with Crippen molar-refractivity contribution in [3.63, 3.8) is 0 Å². The predicted octanol–water partition coefficient (Wildman–Crippen LogP) is 1.63. The average Bonchev–Trinajstić information content (AvgIpc) is 2.94. The molecule has 2 aliphatic rings. The zero-order chi connectivity index (χ0) is 13.7. The van der Waals surface area contributed by atoms with Crippen LogP contribution in [0, 0.1) is 0 Å². The first-order chi connectivity index (χ1) is 9.17. The van der Waals surface area contributed by atoms with Crippen molar-refractivity contribution in [2.45, 2.75) is 50.1 Å². The van der Waals surface area contributed by atoms with Crippen molar-refractivity contribution in [3.05, 3.63) is 0 Å². The van der Waals surface area contributed by atoms with Gasteiger partial charge in [0, 0.05) is 25.4 Å². The van der Waals surface area contributed by atoms with Crippen LogP contribution in [0.3, 0.4) is 0 Å². The highest BCUT2D eigenvalue weighted by Gasteiger charge is 2.40. The zero-order valence-corrected chi connectivity index (χ0v) is 12.7. The first kappa shape index (κ1) is 15.1. The van der Waals surface area contributed by atoms with E-state index in [9.17, 15) is 4.79 Å². The van der Waals surface area contributed by atoms with Crippen molar-refractivity contribution in [1.82, 2.24) is 4.90 Å². The number of ether oxygens (including phenoxy) is 1. The van der Waals surface area contributed by atoms with E-state index in [1.54, 1.807) is 7.11 Å². The fourth-order valence-corrected chi connectivity index (χ4v) is 4.31. The van der Waals surface area contributed by atoms with Gasteiger partial charge in [-0.1, -0.05) is 19.3 Å². The second-order valence-electron chi connectivity index (χ2n) is 5.73. The Morgan fingerprint density at radius 3 is 2.74 bits per heavy atom. The molecule has 1 aliphatic carbocycles. The van der Waals surface area contributed by atoms with E-state index in [-0.39, 0.29) is 5.91 Å². The summed E-state index contributed by atoms with van der Waals surface area (Å²) in [5.74, 6) is 2.36. The summed E-state index contributed by atoms with van der Waals surface area (Å²) in [4.78, 5) is 14.9. The summed E-state index contributed by atoms with van der Waals surface area (Å²) in [5.41, 5.74) is 5.79. The fraction of sp³-hybridized carbons (Fsp3) is 0.929. The van der Waals surface area contributed by atoms with Gasteiger partial charge in [-0.05, 0) is 25.0 Å². The van der Waals surface area contributed by atoms with Crippen LogP contribution in [0.15, 0.2) is 0 Å². The highest BCUT2D eigenvalue weighted by Crippen LogP contribution is 2.30. The Labute approximate surface area is 120 Å². The minimum atomic E-state index is -0.612. The largest absolute Gasteiger partial charge is 0.383 e. The lowest BCUT2D eigenvalue weighted by molar-refractivity contribution is -0.141. The summed E-state index contributed by atoms with van der Waals surface area (Å²) in [6, 6.07) is 0.356. The lowest BCUT2D eigenvalue weighted by Gasteiger charge is -2.39. The lowest BCUT2D eigenvalue weighted by Crippen LogP contribution is -2.59. The van der Waals surface area contributed by atoms with Crippen LogP contribution >= 0.6 is 11.8 Å². The summed E-state index contributed by atoms with van der Waals surface area (Å²) in [6.45, 7) is 1.28. The number of thioether (sulfide) groups is 1. The molecule has 5 heteroatoms. The number of nitrogens with two attached hydrogens (primary N) is 1. The summed E-state index contributed by atoms with van der Waals surface area (Å²) >= 11 is 1.93. The van der Waals surface area contributed by atoms with E-state index in [0.717, 1.165) is 43.6 Å². The molecule has 0 bridgehead atoms. The minimum absolute atomic E-state index is 0.164. The molecule has 4 nitrogen and oxygen atoms in total. The molecule has 19 heavy (non-hydrogen) atoms. The average molecular weight is 286 g/mol. The topological polar surface area (TPSA) is 55.6 Å². The minimum Gasteiger partial charge on any atom is -0.383 e. The molecule has 1 saturated carbocycles. The lowest BCUT2D eigenvalue weighted by atomic mass is 9.81. The number of hydrogen-bond donors (Lipinski definition) is 1. The highest BCUT2D eigenvalue weighted by molar-refractivity contribution is 7.99. The number of carbonyl (C=O) groups excluding carboxylic acids is 1. The molecule has 110 valence electrons. The Kier molecular flexibility index (Phi) is 5.54. The predicted molar refractivity (Wildman–Crippen MR) is 79.3 cm³/mol. The van der Waals surface area contributed by atoms with Crippen LogP contribution in [0.5, 0.6) is 0 Å². The first-order valence-corrected chi connectivity index (χ1v) is 8.49. The molecule has 1 saturated heterocycles. The Hall–Kier alpha value is -0.260. The maximum atomic E-state index is 12.8. The van der Waals surface area contributed by atoms with Gasteiger partial charge in [0.05, 0.1) is 12.1 Å². The van der Waals surface area contributed by atoms with Gasteiger partial charge in [0.2, 0.25) is 5.91 Å². The van der Waals surface area contributed by atoms with Crippen LogP contribution in [0.2, 0.25) is 0 Å². The van der Waals surface area contributed by atoms with E-state index in [4.69, 9.17) is 10.5 Å². The van der Waals surface area contributed by atoms with Gasteiger partial charge in [0.25, 0.3) is 0 Å². The summed E-state index contributed by atoms with van der Waals surface area (Å²) in [5, 5.41) is 0. The van der Waals surface area contributed by atoms with Gasteiger partial charge >= 0.3 is 0 Å². The first-order valence-electron chi connectivity index (χ1n) is 7.34. The van der Waals surface area contributed by atoms with E-state index in [1.165, 1.54) is 6.42 Å². The molecular weight excluding hydrogens is 260 g/mol. The smallest absolute Gasteiger partial charge is 0.243 e. The summed E-state index contributed by atoms with van der Waals surface area (Å²) in [6.07, 6.45) is 6.16. The monoisotopic (exact) mass is 286 g/mol. The second kappa shape index (κ2) is 6.95. The highest BCUT2D eigenvalue weighted by atomic mass is 32.2. The van der Waals surface area contributed by atoms with Crippen LogP contribution in [0.25, 0.3) is 0 Å². The van der Waals surface area contributed by atoms with Crippen LogP contribution in [0.4, 0.5) is 0 Å². The molecular formula is C14H26N2O2S. The third-order valence-corrected chi connectivity index (χ3v) is 5.46. The molecule has 0 aromatic carbocycles. The standard InChI is InChI=1S/C14H26N2O2S/c1-18-9-8-16(12-5-10-19-11-12)13(17)14(15)6-3-2-4-7-14/h12H,2-11,15H2,1H3. The molecule has 2 rings (SSSR count). The van der Waals surface area contributed by atoms with Crippen LogP contribution < -0.4 is 5.73 Å². The Morgan fingerprint density at radius 2 is 2.16 bits per heavy atom. The van der Waals surface area contributed by atoms with Gasteiger partial charge in [-0.3, -0.25) is 4.79 Å². The van der Waals surface area contributed by atoms with Crippen molar-refractivity contribution in [1.29, 1.82) is 0 Å². The van der Waals surface area contributed by atoms with E-state index < -0.39 is 5.54 Å². The quantitative estimate of drug-likeness (QED) is 0.834. The maximum absolute atomic E-state index is 12.8. The number of hydrogen-bond acceptors (Lipinski definition) is 4. The molecule has 2 fully saturated rings.